The molecule has 4 heteroatoms. The van der Waals surface area contributed by atoms with E-state index in [4.69, 9.17) is 0 Å². The van der Waals surface area contributed by atoms with Gasteiger partial charge in [-0.15, -0.1) is 0 Å². The van der Waals surface area contributed by atoms with Crippen molar-refractivity contribution >= 4 is 21.6 Å². The van der Waals surface area contributed by atoms with E-state index in [0.717, 1.165) is 23.4 Å². The first-order chi connectivity index (χ1) is 8.25. The van der Waals surface area contributed by atoms with Crippen LogP contribution < -0.4 is 5.32 Å². The van der Waals surface area contributed by atoms with Crippen molar-refractivity contribution in [1.29, 1.82) is 0 Å². The van der Waals surface area contributed by atoms with Crippen LogP contribution >= 0.6 is 15.9 Å². The van der Waals surface area contributed by atoms with Crippen molar-refractivity contribution in [3.05, 3.63) is 52.5 Å². The molecule has 0 atom stereocenters. The van der Waals surface area contributed by atoms with E-state index in [2.05, 4.69) is 50.3 Å². The molecule has 1 heterocycles. The molecule has 1 aromatic carbocycles. The van der Waals surface area contributed by atoms with Gasteiger partial charge in [-0.05, 0) is 40.5 Å². The number of halogens is 1. The fourth-order valence-corrected chi connectivity index (χ4v) is 1.90. The predicted molar refractivity (Wildman–Crippen MR) is 73.1 cm³/mol. The average Bonchev–Trinajstić information content (AvgIpc) is 2.32. The molecule has 17 heavy (non-hydrogen) atoms. The molecule has 2 rings (SSSR count). The van der Waals surface area contributed by atoms with Gasteiger partial charge in [0.25, 0.3) is 0 Å². The fraction of sp³-hybridized carbons (Fsp3) is 0.231. The Morgan fingerprint density at radius 3 is 2.82 bits per heavy atom. The van der Waals surface area contributed by atoms with Gasteiger partial charge in [0.05, 0.1) is 0 Å². The van der Waals surface area contributed by atoms with Gasteiger partial charge in [0.15, 0.2) is 0 Å². The van der Waals surface area contributed by atoms with Gasteiger partial charge in [0, 0.05) is 24.8 Å². The van der Waals surface area contributed by atoms with Crippen molar-refractivity contribution in [3.8, 4) is 0 Å². The lowest BCUT2D eigenvalue weighted by Gasteiger charge is -2.08. The van der Waals surface area contributed by atoms with Crippen LogP contribution in [0.2, 0.25) is 0 Å². The standard InChI is InChI=1S/C13H14BrN3/c1-10-4-2-3-5-11(10)15-9-7-13-16-8-6-12(14)17-13/h2-6,8,15H,7,9H2,1H3. The Morgan fingerprint density at radius 2 is 2.06 bits per heavy atom. The van der Waals surface area contributed by atoms with E-state index in [1.165, 1.54) is 11.3 Å². The number of benzene rings is 1. The molecule has 1 N–H and O–H groups in total. The molecule has 0 saturated carbocycles. The second-order valence-corrected chi connectivity index (χ2v) is 4.60. The largest absolute Gasteiger partial charge is 0.384 e. The predicted octanol–water partition coefficient (Wildman–Crippen LogP) is 3.20. The van der Waals surface area contributed by atoms with Crippen LogP contribution in [0.5, 0.6) is 0 Å². The number of aryl methyl sites for hydroxylation is 1. The highest BCUT2D eigenvalue weighted by Gasteiger charge is 1.99. The highest BCUT2D eigenvalue weighted by molar-refractivity contribution is 9.10. The average molecular weight is 292 g/mol. The molecule has 0 unspecified atom stereocenters. The SMILES string of the molecule is Cc1ccccc1NCCc1nccc(Br)n1. The first-order valence-electron chi connectivity index (χ1n) is 5.52. The quantitative estimate of drug-likeness (QED) is 0.879. The molecule has 0 spiro atoms. The lowest BCUT2D eigenvalue weighted by atomic mass is 10.2. The molecule has 2 aromatic rings. The third-order valence-corrected chi connectivity index (χ3v) is 2.92. The summed E-state index contributed by atoms with van der Waals surface area (Å²) in [6.45, 7) is 2.93. The first kappa shape index (κ1) is 12.0. The van der Waals surface area contributed by atoms with Gasteiger partial charge in [-0.2, -0.15) is 0 Å². The maximum Gasteiger partial charge on any atom is 0.131 e. The molecule has 0 fully saturated rings. The molecule has 0 saturated heterocycles. The number of nitrogens with zero attached hydrogens (tertiary/aromatic N) is 2. The third kappa shape index (κ3) is 3.53. The topological polar surface area (TPSA) is 37.8 Å². The minimum Gasteiger partial charge on any atom is -0.384 e. The van der Waals surface area contributed by atoms with Gasteiger partial charge in [0.2, 0.25) is 0 Å². The van der Waals surface area contributed by atoms with Crippen LogP contribution in [0.4, 0.5) is 5.69 Å². The molecule has 1 aromatic heterocycles. The summed E-state index contributed by atoms with van der Waals surface area (Å²) in [5.41, 5.74) is 2.42. The summed E-state index contributed by atoms with van der Waals surface area (Å²) in [6, 6.07) is 10.1. The Labute approximate surface area is 109 Å². The van der Waals surface area contributed by atoms with Crippen molar-refractivity contribution in [1.82, 2.24) is 9.97 Å². The van der Waals surface area contributed by atoms with Crippen molar-refractivity contribution in [2.75, 3.05) is 11.9 Å². The van der Waals surface area contributed by atoms with Crippen molar-refractivity contribution in [2.45, 2.75) is 13.3 Å². The smallest absolute Gasteiger partial charge is 0.131 e. The normalized spacial score (nSPS) is 10.2. The molecular weight excluding hydrogens is 278 g/mol. The van der Waals surface area contributed by atoms with Gasteiger partial charge in [-0.1, -0.05) is 18.2 Å². The number of nitrogens with one attached hydrogen (secondary N) is 1. The Bertz CT molecular complexity index is 500. The highest BCUT2D eigenvalue weighted by atomic mass is 79.9. The van der Waals surface area contributed by atoms with Crippen molar-refractivity contribution in [3.63, 3.8) is 0 Å². The molecule has 0 amide bonds. The summed E-state index contributed by atoms with van der Waals surface area (Å²) in [5, 5.41) is 3.39. The Kier molecular flexibility index (Phi) is 4.09. The molecule has 0 bridgehead atoms. The van der Waals surface area contributed by atoms with Gasteiger partial charge in [0.1, 0.15) is 10.4 Å². The zero-order valence-corrected chi connectivity index (χ0v) is 11.2. The summed E-state index contributed by atoms with van der Waals surface area (Å²) >= 11 is 3.34. The van der Waals surface area contributed by atoms with Gasteiger partial charge in [-0.3, -0.25) is 0 Å². The summed E-state index contributed by atoms with van der Waals surface area (Å²) in [4.78, 5) is 8.50. The van der Waals surface area contributed by atoms with E-state index in [9.17, 15) is 0 Å². The second kappa shape index (κ2) is 5.77. The maximum atomic E-state index is 4.29. The summed E-state index contributed by atoms with van der Waals surface area (Å²) in [5.74, 6) is 0.848. The van der Waals surface area contributed by atoms with Crippen LogP contribution in [0.15, 0.2) is 41.1 Å². The van der Waals surface area contributed by atoms with E-state index in [-0.39, 0.29) is 0 Å². The molecule has 0 aliphatic heterocycles. The van der Waals surface area contributed by atoms with Crippen LogP contribution in [0.25, 0.3) is 0 Å². The van der Waals surface area contributed by atoms with Crippen LogP contribution in [0.1, 0.15) is 11.4 Å². The zero-order chi connectivity index (χ0) is 12.1. The van der Waals surface area contributed by atoms with Gasteiger partial charge >= 0.3 is 0 Å². The molecule has 88 valence electrons. The van der Waals surface area contributed by atoms with E-state index in [1.54, 1.807) is 6.20 Å². The summed E-state index contributed by atoms with van der Waals surface area (Å²) in [7, 11) is 0. The first-order valence-corrected chi connectivity index (χ1v) is 6.32. The summed E-state index contributed by atoms with van der Waals surface area (Å²) in [6.07, 6.45) is 2.58. The number of rotatable bonds is 4. The molecule has 0 aliphatic carbocycles. The van der Waals surface area contributed by atoms with Crippen molar-refractivity contribution < 1.29 is 0 Å². The molecule has 0 radical (unpaired) electrons. The summed E-state index contributed by atoms with van der Waals surface area (Å²) < 4.78 is 0.832. The fourth-order valence-electron chi connectivity index (χ4n) is 1.57. The van der Waals surface area contributed by atoms with Gasteiger partial charge < -0.3 is 5.32 Å². The van der Waals surface area contributed by atoms with Crippen LogP contribution in [0.3, 0.4) is 0 Å². The minimum atomic E-state index is 0.813. The van der Waals surface area contributed by atoms with E-state index < -0.39 is 0 Å². The van der Waals surface area contributed by atoms with Crippen LogP contribution in [0, 0.1) is 6.92 Å². The minimum absolute atomic E-state index is 0.813. The van der Waals surface area contributed by atoms with E-state index in [0.29, 0.717) is 0 Å². The number of hydrogen-bond acceptors (Lipinski definition) is 3. The number of anilines is 1. The second-order valence-electron chi connectivity index (χ2n) is 3.79. The monoisotopic (exact) mass is 291 g/mol. The van der Waals surface area contributed by atoms with Crippen molar-refractivity contribution in [2.24, 2.45) is 0 Å². The Morgan fingerprint density at radius 1 is 1.24 bits per heavy atom. The maximum absolute atomic E-state index is 4.29. The van der Waals surface area contributed by atoms with E-state index >= 15 is 0 Å². The number of aromatic nitrogens is 2. The lowest BCUT2D eigenvalue weighted by molar-refractivity contribution is 0.884. The molecule has 3 nitrogen and oxygen atoms in total. The van der Waals surface area contributed by atoms with Crippen LogP contribution in [-0.4, -0.2) is 16.5 Å². The van der Waals surface area contributed by atoms with E-state index in [1.807, 2.05) is 18.2 Å². The Hall–Kier alpha value is -1.42. The number of hydrogen-bond donors (Lipinski definition) is 1. The Balaban J connectivity index is 1.90. The molecular formula is C13H14BrN3. The highest BCUT2D eigenvalue weighted by Crippen LogP contribution is 2.12. The zero-order valence-electron chi connectivity index (χ0n) is 9.65. The van der Waals surface area contributed by atoms with Crippen LogP contribution in [-0.2, 0) is 6.42 Å². The van der Waals surface area contributed by atoms with Gasteiger partial charge in [-0.25, -0.2) is 9.97 Å². The molecule has 0 aliphatic rings. The lowest BCUT2D eigenvalue weighted by Crippen LogP contribution is -2.08. The number of para-hydroxylation sites is 1. The third-order valence-electron chi connectivity index (χ3n) is 2.48.